The summed E-state index contributed by atoms with van der Waals surface area (Å²) in [6, 6.07) is 6.11. The predicted octanol–water partition coefficient (Wildman–Crippen LogP) is 1.67. The summed E-state index contributed by atoms with van der Waals surface area (Å²) in [5.74, 6) is 1.78. The van der Waals surface area contributed by atoms with Crippen LogP contribution in [-0.4, -0.2) is 24.2 Å². The highest BCUT2D eigenvalue weighted by Gasteiger charge is 2.09. The van der Waals surface area contributed by atoms with E-state index in [4.69, 9.17) is 15.2 Å². The van der Waals surface area contributed by atoms with Crippen molar-refractivity contribution in [3.8, 4) is 11.6 Å². The second-order valence-electron chi connectivity index (χ2n) is 4.71. The van der Waals surface area contributed by atoms with Gasteiger partial charge in [-0.3, -0.25) is 0 Å². The topological polar surface area (TPSA) is 82.3 Å². The molecule has 0 amide bonds. The summed E-state index contributed by atoms with van der Waals surface area (Å²) in [6.45, 7) is 3.26. The van der Waals surface area contributed by atoms with Gasteiger partial charge in [-0.15, -0.1) is 0 Å². The fraction of sp³-hybridized carbons (Fsp3) is 0.333. The second-order valence-corrected chi connectivity index (χ2v) is 4.71. The first-order valence-corrected chi connectivity index (χ1v) is 6.62. The number of hydrogen-bond donors (Lipinski definition) is 2. The molecule has 0 radical (unpaired) electrons. The van der Waals surface area contributed by atoms with Crippen LogP contribution in [0.3, 0.4) is 0 Å². The maximum Gasteiger partial charge on any atom is 0.222 e. The standard InChI is InChI=1S/C15H20N4O2/c1-10-4-11(6-12(5-10)20-2)7-17-8-13-14(16)18-9-19-15(13)21-3/h4-6,9,17H,7-8H2,1-3H3,(H2,16,18,19). The summed E-state index contributed by atoms with van der Waals surface area (Å²) in [5, 5.41) is 3.32. The fourth-order valence-corrected chi connectivity index (χ4v) is 2.13. The van der Waals surface area contributed by atoms with E-state index in [2.05, 4.69) is 21.4 Å². The van der Waals surface area contributed by atoms with E-state index in [9.17, 15) is 0 Å². The third-order valence-electron chi connectivity index (χ3n) is 3.11. The number of anilines is 1. The van der Waals surface area contributed by atoms with Crippen LogP contribution in [0, 0.1) is 6.92 Å². The van der Waals surface area contributed by atoms with Gasteiger partial charge in [-0.2, -0.15) is 0 Å². The minimum Gasteiger partial charge on any atom is -0.497 e. The molecule has 0 bridgehead atoms. The zero-order chi connectivity index (χ0) is 15.2. The maximum absolute atomic E-state index is 5.86. The van der Waals surface area contributed by atoms with E-state index in [0.717, 1.165) is 22.4 Å². The Bertz CT molecular complexity index is 617. The number of rotatable bonds is 6. The molecule has 0 fully saturated rings. The van der Waals surface area contributed by atoms with E-state index in [1.807, 2.05) is 19.1 Å². The largest absolute Gasteiger partial charge is 0.497 e. The van der Waals surface area contributed by atoms with Crippen molar-refractivity contribution in [1.29, 1.82) is 0 Å². The molecule has 2 rings (SSSR count). The number of aromatic nitrogens is 2. The number of nitrogens with one attached hydrogen (secondary N) is 1. The zero-order valence-electron chi connectivity index (χ0n) is 12.5. The number of methoxy groups -OCH3 is 2. The predicted molar refractivity (Wildman–Crippen MR) is 81.3 cm³/mol. The Hall–Kier alpha value is -2.34. The number of nitrogen functional groups attached to an aromatic ring is 1. The molecule has 1 aromatic heterocycles. The van der Waals surface area contributed by atoms with Gasteiger partial charge >= 0.3 is 0 Å². The average Bonchev–Trinajstić information content (AvgIpc) is 2.48. The summed E-state index contributed by atoms with van der Waals surface area (Å²) >= 11 is 0. The third-order valence-corrected chi connectivity index (χ3v) is 3.11. The highest BCUT2D eigenvalue weighted by molar-refractivity contribution is 5.44. The third kappa shape index (κ3) is 3.82. The molecule has 0 spiro atoms. The molecule has 1 heterocycles. The molecule has 0 aliphatic heterocycles. The smallest absolute Gasteiger partial charge is 0.222 e. The second kappa shape index (κ2) is 6.90. The summed E-state index contributed by atoms with van der Waals surface area (Å²) in [7, 11) is 3.23. The maximum atomic E-state index is 5.86. The molecular weight excluding hydrogens is 268 g/mol. The summed E-state index contributed by atoms with van der Waals surface area (Å²) in [5.41, 5.74) is 8.92. The van der Waals surface area contributed by atoms with Crippen LogP contribution in [0.1, 0.15) is 16.7 Å². The SMILES string of the molecule is COc1cc(C)cc(CNCc2c(N)ncnc2OC)c1. The van der Waals surface area contributed by atoms with Gasteiger partial charge in [-0.1, -0.05) is 6.07 Å². The van der Waals surface area contributed by atoms with Gasteiger partial charge in [0, 0.05) is 13.1 Å². The highest BCUT2D eigenvalue weighted by Crippen LogP contribution is 2.19. The van der Waals surface area contributed by atoms with Crippen molar-refractivity contribution in [3.05, 3.63) is 41.2 Å². The van der Waals surface area contributed by atoms with E-state index in [-0.39, 0.29) is 0 Å². The number of ether oxygens (including phenoxy) is 2. The molecular formula is C15H20N4O2. The lowest BCUT2D eigenvalue weighted by molar-refractivity contribution is 0.389. The number of nitrogens with zero attached hydrogens (tertiary/aromatic N) is 2. The highest BCUT2D eigenvalue weighted by atomic mass is 16.5. The van der Waals surface area contributed by atoms with Crippen molar-refractivity contribution in [2.75, 3.05) is 20.0 Å². The fourth-order valence-electron chi connectivity index (χ4n) is 2.13. The lowest BCUT2D eigenvalue weighted by Gasteiger charge is -2.11. The monoisotopic (exact) mass is 288 g/mol. The number of nitrogens with two attached hydrogens (primary N) is 1. The van der Waals surface area contributed by atoms with Gasteiger partial charge in [0.1, 0.15) is 17.9 Å². The van der Waals surface area contributed by atoms with Gasteiger partial charge in [0.25, 0.3) is 0 Å². The van der Waals surface area contributed by atoms with Crippen molar-refractivity contribution in [3.63, 3.8) is 0 Å². The van der Waals surface area contributed by atoms with Gasteiger partial charge in [-0.25, -0.2) is 9.97 Å². The molecule has 3 N–H and O–H groups in total. The van der Waals surface area contributed by atoms with E-state index in [1.54, 1.807) is 14.2 Å². The summed E-state index contributed by atoms with van der Waals surface area (Å²) in [4.78, 5) is 8.03. The molecule has 0 aliphatic carbocycles. The lowest BCUT2D eigenvalue weighted by atomic mass is 10.1. The first kappa shape index (κ1) is 15.1. The van der Waals surface area contributed by atoms with Gasteiger partial charge in [-0.05, 0) is 30.2 Å². The Balaban J connectivity index is 2.03. The van der Waals surface area contributed by atoms with Crippen LogP contribution in [0.4, 0.5) is 5.82 Å². The quantitative estimate of drug-likeness (QED) is 0.841. The van der Waals surface area contributed by atoms with E-state index < -0.39 is 0 Å². The van der Waals surface area contributed by atoms with E-state index in [1.165, 1.54) is 6.33 Å². The normalized spacial score (nSPS) is 10.4. The van der Waals surface area contributed by atoms with Crippen LogP contribution in [0.15, 0.2) is 24.5 Å². The Morgan fingerprint density at radius 2 is 1.90 bits per heavy atom. The van der Waals surface area contributed by atoms with Crippen LogP contribution in [0.25, 0.3) is 0 Å². The number of aryl methyl sites for hydroxylation is 1. The van der Waals surface area contributed by atoms with Gasteiger partial charge in [0.05, 0.1) is 19.8 Å². The van der Waals surface area contributed by atoms with Crippen LogP contribution >= 0.6 is 0 Å². The Labute approximate surface area is 124 Å². The van der Waals surface area contributed by atoms with E-state index in [0.29, 0.717) is 24.8 Å². The molecule has 6 nitrogen and oxygen atoms in total. The first-order valence-electron chi connectivity index (χ1n) is 6.62. The van der Waals surface area contributed by atoms with Gasteiger partial charge in [0.2, 0.25) is 5.88 Å². The van der Waals surface area contributed by atoms with Gasteiger partial charge < -0.3 is 20.5 Å². The van der Waals surface area contributed by atoms with Crippen LogP contribution in [0.5, 0.6) is 11.6 Å². The van der Waals surface area contributed by atoms with Crippen molar-refractivity contribution in [2.24, 2.45) is 0 Å². The average molecular weight is 288 g/mol. The molecule has 0 saturated heterocycles. The Kier molecular flexibility index (Phi) is 4.94. The molecule has 0 unspecified atom stereocenters. The van der Waals surface area contributed by atoms with Crippen LogP contribution in [0.2, 0.25) is 0 Å². The van der Waals surface area contributed by atoms with Crippen molar-refractivity contribution < 1.29 is 9.47 Å². The molecule has 21 heavy (non-hydrogen) atoms. The molecule has 6 heteroatoms. The minimum atomic E-state index is 0.427. The van der Waals surface area contributed by atoms with Crippen LogP contribution in [-0.2, 0) is 13.1 Å². The summed E-state index contributed by atoms with van der Waals surface area (Å²) < 4.78 is 10.5. The zero-order valence-corrected chi connectivity index (χ0v) is 12.5. The molecule has 2 aromatic rings. The van der Waals surface area contributed by atoms with Crippen molar-refractivity contribution >= 4 is 5.82 Å². The van der Waals surface area contributed by atoms with Crippen molar-refractivity contribution in [1.82, 2.24) is 15.3 Å². The number of benzene rings is 1. The van der Waals surface area contributed by atoms with E-state index >= 15 is 0 Å². The Morgan fingerprint density at radius 3 is 2.62 bits per heavy atom. The molecule has 0 saturated carbocycles. The van der Waals surface area contributed by atoms with Crippen LogP contribution < -0.4 is 20.5 Å². The minimum absolute atomic E-state index is 0.427. The Morgan fingerprint density at radius 1 is 1.10 bits per heavy atom. The molecule has 112 valence electrons. The lowest BCUT2D eigenvalue weighted by Crippen LogP contribution is -2.16. The summed E-state index contributed by atoms with van der Waals surface area (Å²) in [6.07, 6.45) is 1.39. The molecule has 0 atom stereocenters. The number of hydrogen-bond acceptors (Lipinski definition) is 6. The molecule has 0 aliphatic rings. The molecule has 1 aromatic carbocycles. The first-order chi connectivity index (χ1) is 10.1. The van der Waals surface area contributed by atoms with Crippen molar-refractivity contribution in [2.45, 2.75) is 20.0 Å². The van der Waals surface area contributed by atoms with Gasteiger partial charge in [0.15, 0.2) is 0 Å².